The summed E-state index contributed by atoms with van der Waals surface area (Å²) in [5, 5.41) is 11.1. The van der Waals surface area contributed by atoms with Gasteiger partial charge in [-0.3, -0.25) is 20.4 Å². The molecule has 0 bridgehead atoms. The lowest BCUT2D eigenvalue weighted by atomic mass is 9.79. The van der Waals surface area contributed by atoms with Crippen LogP contribution in [0.1, 0.15) is 44.6 Å². The Bertz CT molecular complexity index is 629. The molecule has 0 aromatic heterocycles. The second-order valence-corrected chi connectivity index (χ2v) is 6.54. The standard InChI is InChI=1S/C19H26N2O5/c1-2-5-13-8-10-14(11-9-13)26-12-17(22)20-21-18(23)15-6-3-4-7-16(15)19(24)25/h8-11,15-16H,2-7,12H2,1H3,(H,20,22)(H,21,23)(H,24,25)/p-1/t15-,16-/m1/s1. The molecule has 2 amide bonds. The molecule has 0 heterocycles. The number of carbonyl (C=O) groups excluding carboxylic acids is 3. The molecule has 1 aliphatic rings. The van der Waals surface area contributed by atoms with Gasteiger partial charge in [0.1, 0.15) is 5.75 Å². The maximum absolute atomic E-state index is 12.1. The molecule has 0 saturated heterocycles. The Hall–Kier alpha value is -2.57. The predicted octanol–water partition coefficient (Wildman–Crippen LogP) is 0.722. The number of carbonyl (C=O) groups is 3. The molecule has 1 aliphatic carbocycles. The molecule has 0 unspecified atom stereocenters. The van der Waals surface area contributed by atoms with Crippen molar-refractivity contribution in [2.24, 2.45) is 11.8 Å². The third-order valence-electron chi connectivity index (χ3n) is 4.56. The van der Waals surface area contributed by atoms with Crippen LogP contribution in [0.25, 0.3) is 0 Å². The molecule has 7 nitrogen and oxygen atoms in total. The summed E-state index contributed by atoms with van der Waals surface area (Å²) in [6.45, 7) is 1.85. The van der Waals surface area contributed by atoms with Crippen LogP contribution in [0.2, 0.25) is 0 Å². The third kappa shape index (κ3) is 5.75. The number of hydrazine groups is 1. The first-order valence-electron chi connectivity index (χ1n) is 9.02. The average Bonchev–Trinajstić information content (AvgIpc) is 2.65. The molecule has 2 N–H and O–H groups in total. The summed E-state index contributed by atoms with van der Waals surface area (Å²) in [4.78, 5) is 35.1. The Labute approximate surface area is 153 Å². The zero-order valence-corrected chi connectivity index (χ0v) is 15.0. The summed E-state index contributed by atoms with van der Waals surface area (Å²) in [5.41, 5.74) is 5.75. The lowest BCUT2D eigenvalue weighted by Crippen LogP contribution is -2.50. The van der Waals surface area contributed by atoms with Crippen molar-refractivity contribution >= 4 is 17.8 Å². The number of carboxylic acids is 1. The zero-order valence-electron chi connectivity index (χ0n) is 15.0. The van der Waals surface area contributed by atoms with E-state index in [1.54, 1.807) is 12.1 Å². The van der Waals surface area contributed by atoms with Crippen molar-refractivity contribution in [3.63, 3.8) is 0 Å². The van der Waals surface area contributed by atoms with E-state index >= 15 is 0 Å². The molecule has 0 aliphatic heterocycles. The van der Waals surface area contributed by atoms with Crippen molar-refractivity contribution in [2.45, 2.75) is 45.4 Å². The topological polar surface area (TPSA) is 108 Å². The van der Waals surface area contributed by atoms with Gasteiger partial charge in [-0.2, -0.15) is 0 Å². The second kappa shape index (κ2) is 9.79. The molecule has 0 spiro atoms. The number of benzene rings is 1. The molecular weight excluding hydrogens is 336 g/mol. The van der Waals surface area contributed by atoms with Gasteiger partial charge in [-0.15, -0.1) is 0 Å². The average molecular weight is 361 g/mol. The normalized spacial score (nSPS) is 19.4. The predicted molar refractivity (Wildman–Crippen MR) is 92.7 cm³/mol. The van der Waals surface area contributed by atoms with Crippen LogP contribution in [-0.4, -0.2) is 24.4 Å². The molecule has 1 aromatic carbocycles. The van der Waals surface area contributed by atoms with Crippen LogP contribution in [0.4, 0.5) is 0 Å². The van der Waals surface area contributed by atoms with Gasteiger partial charge in [0.25, 0.3) is 5.91 Å². The van der Waals surface area contributed by atoms with E-state index in [1.165, 1.54) is 5.56 Å². The van der Waals surface area contributed by atoms with E-state index < -0.39 is 29.6 Å². The van der Waals surface area contributed by atoms with Crippen molar-refractivity contribution in [3.05, 3.63) is 29.8 Å². The molecule has 7 heteroatoms. The fraction of sp³-hybridized carbons (Fsp3) is 0.526. The van der Waals surface area contributed by atoms with Crippen LogP contribution in [0.5, 0.6) is 5.75 Å². The molecular formula is C19H25N2O5-. The maximum atomic E-state index is 12.1. The smallest absolute Gasteiger partial charge is 0.276 e. The number of aliphatic carboxylic acids is 1. The highest BCUT2D eigenvalue weighted by atomic mass is 16.5. The SMILES string of the molecule is CCCc1ccc(OCC(=O)NNC(=O)[C@@H]2CCCC[C@H]2C(=O)[O-])cc1. The largest absolute Gasteiger partial charge is 0.550 e. The first kappa shape index (κ1) is 19.8. The number of aryl methyl sites for hydroxylation is 1. The number of hydrogen-bond donors (Lipinski definition) is 2. The first-order valence-corrected chi connectivity index (χ1v) is 9.02. The molecule has 1 fully saturated rings. The van der Waals surface area contributed by atoms with Crippen molar-refractivity contribution in [1.82, 2.24) is 10.9 Å². The number of nitrogens with one attached hydrogen (secondary N) is 2. The summed E-state index contributed by atoms with van der Waals surface area (Å²) in [7, 11) is 0. The van der Waals surface area contributed by atoms with Crippen LogP contribution < -0.4 is 20.7 Å². The highest BCUT2D eigenvalue weighted by Crippen LogP contribution is 2.29. The van der Waals surface area contributed by atoms with Gasteiger partial charge in [0.15, 0.2) is 6.61 Å². The van der Waals surface area contributed by atoms with E-state index in [2.05, 4.69) is 17.8 Å². The van der Waals surface area contributed by atoms with E-state index in [9.17, 15) is 19.5 Å². The van der Waals surface area contributed by atoms with Crippen LogP contribution in [-0.2, 0) is 20.8 Å². The fourth-order valence-electron chi connectivity index (χ4n) is 3.18. The Morgan fingerprint density at radius 2 is 1.73 bits per heavy atom. The van der Waals surface area contributed by atoms with Gasteiger partial charge in [-0.25, -0.2) is 0 Å². The lowest BCUT2D eigenvalue weighted by Gasteiger charge is -2.31. The van der Waals surface area contributed by atoms with Crippen molar-refractivity contribution in [2.75, 3.05) is 6.61 Å². The minimum Gasteiger partial charge on any atom is -0.550 e. The molecule has 2 rings (SSSR count). The minimum atomic E-state index is -1.22. The minimum absolute atomic E-state index is 0.248. The number of carboxylic acid groups (broad SMARTS) is 1. The van der Waals surface area contributed by atoms with E-state index in [0.717, 1.165) is 25.7 Å². The van der Waals surface area contributed by atoms with E-state index in [-0.39, 0.29) is 6.61 Å². The van der Waals surface area contributed by atoms with Gasteiger partial charge in [-0.1, -0.05) is 38.3 Å². The Balaban J connectivity index is 1.75. The molecule has 26 heavy (non-hydrogen) atoms. The van der Waals surface area contributed by atoms with Crippen molar-refractivity contribution < 1.29 is 24.2 Å². The van der Waals surface area contributed by atoms with Gasteiger partial charge in [0, 0.05) is 17.8 Å². The number of rotatable bonds is 7. The fourth-order valence-corrected chi connectivity index (χ4v) is 3.18. The lowest BCUT2D eigenvalue weighted by molar-refractivity contribution is -0.314. The quantitative estimate of drug-likeness (QED) is 0.696. The van der Waals surface area contributed by atoms with E-state index in [0.29, 0.717) is 18.6 Å². The van der Waals surface area contributed by atoms with E-state index in [4.69, 9.17) is 4.74 Å². The van der Waals surface area contributed by atoms with Gasteiger partial charge in [0.05, 0.1) is 0 Å². The van der Waals surface area contributed by atoms with Crippen molar-refractivity contribution in [3.8, 4) is 5.75 Å². The van der Waals surface area contributed by atoms with Crippen LogP contribution in [0, 0.1) is 11.8 Å². The van der Waals surface area contributed by atoms with Gasteiger partial charge in [0.2, 0.25) is 5.91 Å². The molecule has 2 atom stereocenters. The van der Waals surface area contributed by atoms with E-state index in [1.807, 2.05) is 12.1 Å². The van der Waals surface area contributed by atoms with Gasteiger partial charge in [-0.05, 0) is 37.0 Å². The van der Waals surface area contributed by atoms with Gasteiger partial charge < -0.3 is 14.6 Å². The number of amides is 2. The Morgan fingerprint density at radius 3 is 2.35 bits per heavy atom. The maximum Gasteiger partial charge on any atom is 0.276 e. The van der Waals surface area contributed by atoms with Gasteiger partial charge >= 0.3 is 0 Å². The van der Waals surface area contributed by atoms with Crippen LogP contribution in [0.15, 0.2) is 24.3 Å². The zero-order chi connectivity index (χ0) is 18.9. The highest BCUT2D eigenvalue weighted by molar-refractivity contribution is 5.87. The Kier molecular flexibility index (Phi) is 7.44. The summed E-state index contributed by atoms with van der Waals surface area (Å²) in [6.07, 6.45) is 4.49. The number of hydrogen-bond acceptors (Lipinski definition) is 5. The van der Waals surface area contributed by atoms with Crippen molar-refractivity contribution in [1.29, 1.82) is 0 Å². The summed E-state index contributed by atoms with van der Waals surface area (Å²) in [6, 6.07) is 7.48. The van der Waals surface area contributed by atoms with Crippen LogP contribution in [0.3, 0.4) is 0 Å². The monoisotopic (exact) mass is 361 g/mol. The molecule has 1 saturated carbocycles. The first-order chi connectivity index (χ1) is 12.5. The molecule has 1 aromatic rings. The highest BCUT2D eigenvalue weighted by Gasteiger charge is 2.31. The number of ether oxygens (including phenoxy) is 1. The molecule has 0 radical (unpaired) electrons. The second-order valence-electron chi connectivity index (χ2n) is 6.54. The summed E-state index contributed by atoms with van der Waals surface area (Å²) < 4.78 is 5.37. The molecule has 142 valence electrons. The van der Waals surface area contributed by atoms with Crippen LogP contribution >= 0.6 is 0 Å². The third-order valence-corrected chi connectivity index (χ3v) is 4.56. The Morgan fingerprint density at radius 1 is 1.08 bits per heavy atom. The summed E-state index contributed by atoms with van der Waals surface area (Å²) in [5.74, 6) is -3.16. The summed E-state index contributed by atoms with van der Waals surface area (Å²) >= 11 is 0.